The van der Waals surface area contributed by atoms with E-state index in [1.54, 1.807) is 11.8 Å². The summed E-state index contributed by atoms with van der Waals surface area (Å²) in [5, 5.41) is 12.5. The molecule has 2 aliphatic carbocycles. The quantitative estimate of drug-likeness (QED) is 0.667. The molecule has 1 aromatic carbocycles. The molecule has 2 aliphatic rings. The van der Waals surface area contributed by atoms with Crippen LogP contribution in [0.1, 0.15) is 50.8 Å². The Bertz CT molecular complexity index is 944. The van der Waals surface area contributed by atoms with E-state index in [-0.39, 0.29) is 29.1 Å². The Morgan fingerprint density at radius 2 is 2.00 bits per heavy atom. The van der Waals surface area contributed by atoms with Crippen molar-refractivity contribution in [2.45, 2.75) is 74.0 Å². The van der Waals surface area contributed by atoms with E-state index >= 15 is 0 Å². The number of thioether (sulfide) groups is 1. The van der Waals surface area contributed by atoms with Crippen LogP contribution in [0.2, 0.25) is 0 Å². The van der Waals surface area contributed by atoms with Gasteiger partial charge in [0.05, 0.1) is 23.4 Å². The fraction of sp³-hybridized carbons (Fsp3) is 0.600. The summed E-state index contributed by atoms with van der Waals surface area (Å²) in [7, 11) is 0. The van der Waals surface area contributed by atoms with Gasteiger partial charge in [-0.05, 0) is 50.7 Å². The molecule has 0 bridgehead atoms. The van der Waals surface area contributed by atoms with Crippen molar-refractivity contribution in [3.05, 3.63) is 34.1 Å². The van der Waals surface area contributed by atoms with Crippen LogP contribution < -0.4 is 10.9 Å². The number of alkyl halides is 2. The molecule has 9 heteroatoms. The summed E-state index contributed by atoms with van der Waals surface area (Å²) in [4.78, 5) is 19.4. The zero-order valence-corrected chi connectivity index (χ0v) is 16.7. The third-order valence-electron chi connectivity index (χ3n) is 5.76. The Hall–Kier alpha value is -1.74. The van der Waals surface area contributed by atoms with Crippen LogP contribution in [-0.2, 0) is 5.75 Å². The minimum atomic E-state index is -2.83. The Kier molecular flexibility index (Phi) is 5.79. The molecule has 1 aromatic heterocycles. The number of hydrogen-bond acceptors (Lipinski definition) is 5. The SMILES string of the molecule is O=c1[nH]c(CS[C@H]2CC[C@H](O)CC2)nc2cc(NC3CCCC3(F)F)cc(F)c12. The van der Waals surface area contributed by atoms with Crippen molar-refractivity contribution < 1.29 is 18.3 Å². The molecule has 29 heavy (non-hydrogen) atoms. The summed E-state index contributed by atoms with van der Waals surface area (Å²) in [5.74, 6) is -2.71. The fourth-order valence-corrected chi connectivity index (χ4v) is 5.27. The number of rotatable bonds is 5. The van der Waals surface area contributed by atoms with Gasteiger partial charge in [-0.15, -0.1) is 0 Å². The van der Waals surface area contributed by atoms with E-state index in [1.165, 1.54) is 6.07 Å². The molecular weight excluding hydrogens is 403 g/mol. The molecule has 2 fully saturated rings. The van der Waals surface area contributed by atoms with Gasteiger partial charge < -0.3 is 15.4 Å². The largest absolute Gasteiger partial charge is 0.393 e. The van der Waals surface area contributed by atoms with Gasteiger partial charge in [-0.25, -0.2) is 18.2 Å². The zero-order chi connectivity index (χ0) is 20.6. The molecule has 3 N–H and O–H groups in total. The van der Waals surface area contributed by atoms with Gasteiger partial charge in [-0.1, -0.05) is 0 Å². The highest BCUT2D eigenvalue weighted by atomic mass is 32.2. The van der Waals surface area contributed by atoms with Gasteiger partial charge in [0.2, 0.25) is 0 Å². The van der Waals surface area contributed by atoms with Gasteiger partial charge in [0, 0.05) is 17.4 Å². The average Bonchev–Trinajstić information content (AvgIpc) is 2.98. The maximum atomic E-state index is 14.5. The van der Waals surface area contributed by atoms with Crippen molar-refractivity contribution in [2.24, 2.45) is 0 Å². The highest BCUT2D eigenvalue weighted by molar-refractivity contribution is 7.99. The second-order valence-electron chi connectivity index (χ2n) is 7.96. The van der Waals surface area contributed by atoms with Crippen LogP contribution in [0.5, 0.6) is 0 Å². The van der Waals surface area contributed by atoms with Crippen LogP contribution in [0.4, 0.5) is 18.9 Å². The lowest BCUT2D eigenvalue weighted by molar-refractivity contribution is -0.000594. The van der Waals surface area contributed by atoms with Crippen LogP contribution in [0.3, 0.4) is 0 Å². The first-order valence-corrected chi connectivity index (χ1v) is 11.0. The van der Waals surface area contributed by atoms with Gasteiger partial charge in [0.15, 0.2) is 0 Å². The van der Waals surface area contributed by atoms with Crippen LogP contribution in [0.25, 0.3) is 10.9 Å². The van der Waals surface area contributed by atoms with Crippen molar-refractivity contribution in [3.63, 3.8) is 0 Å². The second-order valence-corrected chi connectivity index (χ2v) is 9.25. The molecule has 1 heterocycles. The Balaban J connectivity index is 1.54. The van der Waals surface area contributed by atoms with Gasteiger partial charge in [0.25, 0.3) is 11.5 Å². The number of nitrogens with one attached hydrogen (secondary N) is 2. The van der Waals surface area contributed by atoms with E-state index in [0.717, 1.165) is 31.7 Å². The van der Waals surface area contributed by atoms with E-state index in [1.807, 2.05) is 0 Å². The highest BCUT2D eigenvalue weighted by Gasteiger charge is 2.43. The topological polar surface area (TPSA) is 78.0 Å². The maximum absolute atomic E-state index is 14.5. The molecule has 2 saturated carbocycles. The number of aromatic amines is 1. The number of halogens is 3. The molecule has 2 aromatic rings. The normalized spacial score (nSPS) is 26.7. The highest BCUT2D eigenvalue weighted by Crippen LogP contribution is 2.37. The molecule has 0 amide bonds. The monoisotopic (exact) mass is 427 g/mol. The van der Waals surface area contributed by atoms with Crippen LogP contribution in [0.15, 0.2) is 16.9 Å². The first kappa shape index (κ1) is 20.5. The third-order valence-corrected chi connectivity index (χ3v) is 7.15. The number of aromatic nitrogens is 2. The van der Waals surface area contributed by atoms with Crippen LogP contribution >= 0.6 is 11.8 Å². The molecule has 1 atom stereocenters. The van der Waals surface area contributed by atoms with E-state index in [0.29, 0.717) is 29.7 Å². The van der Waals surface area contributed by atoms with E-state index in [2.05, 4.69) is 15.3 Å². The minimum absolute atomic E-state index is 0.159. The molecule has 0 radical (unpaired) electrons. The molecule has 5 nitrogen and oxygen atoms in total. The average molecular weight is 427 g/mol. The van der Waals surface area contributed by atoms with Crippen molar-refractivity contribution in [1.29, 1.82) is 0 Å². The number of fused-ring (bicyclic) bond motifs is 1. The molecular formula is C20H24F3N3O2S. The predicted molar refractivity (Wildman–Crippen MR) is 108 cm³/mol. The lowest BCUT2D eigenvalue weighted by Gasteiger charge is -2.24. The second kappa shape index (κ2) is 8.18. The summed E-state index contributed by atoms with van der Waals surface area (Å²) < 4.78 is 42.3. The van der Waals surface area contributed by atoms with Crippen molar-refractivity contribution >= 4 is 28.4 Å². The predicted octanol–water partition coefficient (Wildman–Crippen LogP) is 4.20. The summed E-state index contributed by atoms with van der Waals surface area (Å²) in [6.45, 7) is 0. The number of benzene rings is 1. The molecule has 0 spiro atoms. The number of anilines is 1. The molecule has 0 aliphatic heterocycles. The Labute approximate surface area is 170 Å². The number of aliphatic hydroxyl groups is 1. The van der Waals surface area contributed by atoms with Crippen molar-refractivity contribution in [3.8, 4) is 0 Å². The summed E-state index contributed by atoms with van der Waals surface area (Å²) in [6, 6.07) is 1.50. The summed E-state index contributed by atoms with van der Waals surface area (Å²) in [6.07, 6.45) is 3.66. The molecule has 1 unspecified atom stereocenters. The standard InChI is InChI=1S/C20H24F3N3O2S/c21-14-8-11(24-16-2-1-7-20(16,22)23)9-15-18(14)19(28)26-17(25-15)10-29-13-5-3-12(27)4-6-13/h8-9,12-13,16,24,27H,1-7,10H2,(H,25,26,28)/t12-,13-,16?. The summed E-state index contributed by atoms with van der Waals surface area (Å²) >= 11 is 1.65. The first-order chi connectivity index (χ1) is 13.8. The van der Waals surface area contributed by atoms with Crippen LogP contribution in [-0.4, -0.2) is 38.4 Å². The zero-order valence-electron chi connectivity index (χ0n) is 15.9. The van der Waals surface area contributed by atoms with E-state index in [4.69, 9.17) is 0 Å². The molecule has 158 valence electrons. The Morgan fingerprint density at radius 3 is 2.69 bits per heavy atom. The van der Waals surface area contributed by atoms with Gasteiger partial charge in [-0.3, -0.25) is 4.79 Å². The Morgan fingerprint density at radius 1 is 1.24 bits per heavy atom. The lowest BCUT2D eigenvalue weighted by Crippen LogP contribution is -2.34. The number of hydrogen-bond donors (Lipinski definition) is 3. The van der Waals surface area contributed by atoms with E-state index < -0.39 is 23.3 Å². The third kappa shape index (κ3) is 4.55. The fourth-order valence-electron chi connectivity index (χ4n) is 4.14. The molecule has 4 rings (SSSR count). The smallest absolute Gasteiger partial charge is 0.267 e. The van der Waals surface area contributed by atoms with E-state index in [9.17, 15) is 23.1 Å². The van der Waals surface area contributed by atoms with Gasteiger partial charge in [0.1, 0.15) is 17.0 Å². The van der Waals surface area contributed by atoms with Crippen molar-refractivity contribution in [2.75, 3.05) is 5.32 Å². The number of nitrogens with zero attached hydrogens (tertiary/aromatic N) is 1. The molecule has 0 saturated heterocycles. The maximum Gasteiger partial charge on any atom is 0.267 e. The van der Waals surface area contributed by atoms with Crippen LogP contribution in [0, 0.1) is 5.82 Å². The lowest BCUT2D eigenvalue weighted by atomic mass is 9.97. The first-order valence-electron chi connectivity index (χ1n) is 9.98. The van der Waals surface area contributed by atoms with Crippen molar-refractivity contribution in [1.82, 2.24) is 9.97 Å². The number of aliphatic hydroxyl groups excluding tert-OH is 1. The summed E-state index contributed by atoms with van der Waals surface area (Å²) in [5.41, 5.74) is -0.202. The minimum Gasteiger partial charge on any atom is -0.393 e. The van der Waals surface area contributed by atoms with Gasteiger partial charge >= 0.3 is 0 Å². The van der Waals surface area contributed by atoms with Gasteiger partial charge in [-0.2, -0.15) is 11.8 Å². The number of H-pyrrole nitrogens is 1.